The molecule has 6 rings (SSSR count). The largest absolute Gasteiger partial charge is 0.468 e. The molecule has 1 aromatic heterocycles. The number of carbonyl (C=O) groups excluding carboxylic acids is 1. The molecule has 4 aliphatic heterocycles. The van der Waals surface area contributed by atoms with E-state index in [1.807, 2.05) is 13.0 Å². The van der Waals surface area contributed by atoms with Crippen molar-refractivity contribution in [1.29, 1.82) is 0 Å². The molecule has 0 saturated carbocycles. The number of aliphatic hydroxyl groups excluding tert-OH is 1. The fraction of sp³-hybridized carbons (Fsp3) is 0.476. The van der Waals surface area contributed by atoms with Gasteiger partial charge in [0.2, 0.25) is 0 Å². The lowest BCUT2D eigenvalue weighted by Gasteiger charge is -2.62. The molecule has 1 aromatic carbocycles. The number of H-pyrrole nitrogens is 1. The van der Waals surface area contributed by atoms with Gasteiger partial charge in [0.25, 0.3) is 0 Å². The maximum atomic E-state index is 12.9. The van der Waals surface area contributed by atoms with Gasteiger partial charge in [-0.15, -0.1) is 0 Å². The molecule has 2 N–H and O–H groups in total. The zero-order valence-corrected chi connectivity index (χ0v) is 15.2. The van der Waals surface area contributed by atoms with Gasteiger partial charge in [0, 0.05) is 35.1 Å². The first kappa shape index (κ1) is 16.1. The van der Waals surface area contributed by atoms with Crippen LogP contribution in [-0.2, 0) is 16.0 Å². The van der Waals surface area contributed by atoms with Crippen LogP contribution in [0.2, 0.25) is 0 Å². The fourth-order valence-electron chi connectivity index (χ4n) is 5.88. The summed E-state index contributed by atoms with van der Waals surface area (Å²) in [7, 11) is 1.43. The average molecular weight is 352 g/mol. The van der Waals surface area contributed by atoms with E-state index in [2.05, 4.69) is 34.2 Å². The van der Waals surface area contributed by atoms with E-state index >= 15 is 0 Å². The van der Waals surface area contributed by atoms with E-state index in [0.29, 0.717) is 0 Å². The number of aliphatic hydroxyl groups is 1. The van der Waals surface area contributed by atoms with E-state index < -0.39 is 5.41 Å². The number of piperidine rings is 3. The minimum absolute atomic E-state index is 0.0286. The monoisotopic (exact) mass is 352 g/mol. The van der Waals surface area contributed by atoms with Crippen molar-refractivity contribution in [3.63, 3.8) is 0 Å². The Labute approximate surface area is 152 Å². The molecule has 3 fully saturated rings. The molecule has 0 amide bonds. The summed E-state index contributed by atoms with van der Waals surface area (Å²) in [5.74, 6) is -0.245. The lowest BCUT2D eigenvalue weighted by Crippen LogP contribution is -2.69. The van der Waals surface area contributed by atoms with Gasteiger partial charge in [0.05, 0.1) is 19.8 Å². The van der Waals surface area contributed by atoms with Gasteiger partial charge < -0.3 is 14.8 Å². The molecule has 26 heavy (non-hydrogen) atoms. The Kier molecular flexibility index (Phi) is 3.37. The summed E-state index contributed by atoms with van der Waals surface area (Å²) in [6.07, 6.45) is 3.72. The van der Waals surface area contributed by atoms with Gasteiger partial charge in [-0.05, 0) is 31.4 Å². The first-order valence-corrected chi connectivity index (χ1v) is 9.35. The van der Waals surface area contributed by atoms with Gasteiger partial charge >= 0.3 is 5.97 Å². The first-order chi connectivity index (χ1) is 12.7. The van der Waals surface area contributed by atoms with Crippen molar-refractivity contribution in [1.82, 2.24) is 9.88 Å². The fourth-order valence-corrected chi connectivity index (χ4v) is 5.88. The van der Waals surface area contributed by atoms with Crippen molar-refractivity contribution in [3.8, 4) is 0 Å². The topological polar surface area (TPSA) is 65.6 Å². The van der Waals surface area contributed by atoms with Crippen LogP contribution < -0.4 is 0 Å². The van der Waals surface area contributed by atoms with Crippen LogP contribution in [0.4, 0.5) is 0 Å². The van der Waals surface area contributed by atoms with Crippen LogP contribution in [-0.4, -0.2) is 47.3 Å². The summed E-state index contributed by atoms with van der Waals surface area (Å²) in [5, 5.41) is 11.7. The number of fused-ring (bicyclic) bond motifs is 4. The SMILES string of the molecule is C/C=C1/CN2[C@@H]3C[C@@H]1C(CO)(C(=O)OC)[C@@H]2Cc1c3[nH]c2ccccc12. The third-order valence-corrected chi connectivity index (χ3v) is 7.06. The van der Waals surface area contributed by atoms with Gasteiger partial charge in [0.15, 0.2) is 0 Å². The maximum absolute atomic E-state index is 12.9. The summed E-state index contributed by atoms with van der Waals surface area (Å²) in [6.45, 7) is 2.72. The van der Waals surface area contributed by atoms with E-state index in [-0.39, 0.29) is 30.6 Å². The number of hydrogen-bond donors (Lipinski definition) is 2. The zero-order valence-electron chi connectivity index (χ0n) is 15.2. The van der Waals surface area contributed by atoms with E-state index in [1.165, 1.54) is 29.3 Å². The van der Waals surface area contributed by atoms with Gasteiger partial charge in [-0.2, -0.15) is 0 Å². The van der Waals surface area contributed by atoms with Crippen molar-refractivity contribution < 1.29 is 14.6 Å². The Morgan fingerprint density at radius 1 is 1.46 bits per heavy atom. The molecule has 5 nitrogen and oxygen atoms in total. The highest BCUT2D eigenvalue weighted by Gasteiger charge is 2.64. The highest BCUT2D eigenvalue weighted by molar-refractivity contribution is 5.86. The van der Waals surface area contributed by atoms with Crippen LogP contribution in [0.25, 0.3) is 10.9 Å². The van der Waals surface area contributed by atoms with Gasteiger partial charge in [-0.25, -0.2) is 0 Å². The molecule has 0 radical (unpaired) electrons. The molecule has 5 atom stereocenters. The second-order valence-electron chi connectivity index (χ2n) is 7.81. The highest BCUT2D eigenvalue weighted by atomic mass is 16.5. The zero-order chi connectivity index (χ0) is 18.1. The number of ether oxygens (including phenoxy) is 1. The number of aromatic nitrogens is 1. The summed E-state index contributed by atoms with van der Waals surface area (Å²) < 4.78 is 5.22. The van der Waals surface area contributed by atoms with Gasteiger partial charge in [-0.1, -0.05) is 29.8 Å². The number of esters is 1. The standard InChI is InChI=1S/C21H24N2O3/c1-3-12-10-23-17-9-15(12)21(11-24,20(25)26-2)18(23)8-14-13-6-4-5-7-16(13)22-19(14)17/h3-7,15,17-18,22,24H,8-11H2,1-2H3/b12-3-/t15-,17+,18-,21?/m0/s1. The number of para-hydroxylation sites is 1. The van der Waals surface area contributed by atoms with Crippen LogP contribution in [0.5, 0.6) is 0 Å². The van der Waals surface area contributed by atoms with E-state index in [1.54, 1.807) is 0 Å². The second kappa shape index (κ2) is 5.44. The van der Waals surface area contributed by atoms with Crippen LogP contribution in [0, 0.1) is 11.3 Å². The van der Waals surface area contributed by atoms with Crippen LogP contribution in [0.3, 0.4) is 0 Å². The normalized spacial score (nSPS) is 36.3. The quantitative estimate of drug-likeness (QED) is 0.644. The average Bonchev–Trinajstić information content (AvgIpc) is 3.06. The Morgan fingerprint density at radius 3 is 3.00 bits per heavy atom. The summed E-state index contributed by atoms with van der Waals surface area (Å²) >= 11 is 0. The second-order valence-corrected chi connectivity index (χ2v) is 7.81. The summed E-state index contributed by atoms with van der Waals surface area (Å²) in [4.78, 5) is 19.0. The number of carbonyl (C=O) groups is 1. The number of aromatic amines is 1. The van der Waals surface area contributed by atoms with Gasteiger partial charge in [-0.3, -0.25) is 9.69 Å². The Hall–Kier alpha value is -2.11. The number of methoxy groups -OCH3 is 1. The molecule has 2 unspecified atom stereocenters. The van der Waals surface area contributed by atoms with Gasteiger partial charge in [0.1, 0.15) is 5.41 Å². The predicted octanol–water partition coefficient (Wildman–Crippen LogP) is 2.57. The molecule has 0 spiro atoms. The predicted molar refractivity (Wildman–Crippen MR) is 98.6 cm³/mol. The third kappa shape index (κ3) is 1.75. The minimum Gasteiger partial charge on any atom is -0.468 e. The molecule has 5 heterocycles. The number of nitrogens with one attached hydrogen (secondary N) is 1. The molecule has 3 saturated heterocycles. The third-order valence-electron chi connectivity index (χ3n) is 7.06. The van der Waals surface area contributed by atoms with Crippen molar-refractivity contribution in [2.24, 2.45) is 11.3 Å². The summed E-state index contributed by atoms with van der Waals surface area (Å²) in [6, 6.07) is 8.61. The van der Waals surface area contributed by atoms with Crippen molar-refractivity contribution in [2.75, 3.05) is 20.3 Å². The molecule has 5 heteroatoms. The van der Waals surface area contributed by atoms with E-state index in [0.717, 1.165) is 24.9 Å². The maximum Gasteiger partial charge on any atom is 0.316 e. The number of benzene rings is 1. The lowest BCUT2D eigenvalue weighted by atomic mass is 9.55. The van der Waals surface area contributed by atoms with Crippen molar-refractivity contribution >= 4 is 16.9 Å². The molecule has 4 aliphatic rings. The van der Waals surface area contributed by atoms with E-state index in [4.69, 9.17) is 4.74 Å². The van der Waals surface area contributed by atoms with Crippen molar-refractivity contribution in [3.05, 3.63) is 47.2 Å². The van der Waals surface area contributed by atoms with Crippen molar-refractivity contribution in [2.45, 2.75) is 31.8 Å². The lowest BCUT2D eigenvalue weighted by molar-refractivity contribution is -0.183. The van der Waals surface area contributed by atoms with Crippen LogP contribution >= 0.6 is 0 Å². The number of rotatable bonds is 2. The van der Waals surface area contributed by atoms with Crippen LogP contribution in [0.1, 0.15) is 30.6 Å². The molecule has 0 aliphatic carbocycles. The van der Waals surface area contributed by atoms with E-state index in [9.17, 15) is 9.90 Å². The molecular weight excluding hydrogens is 328 g/mol. The summed E-state index contributed by atoms with van der Waals surface area (Å²) in [5.41, 5.74) is 4.12. The van der Waals surface area contributed by atoms with Crippen LogP contribution in [0.15, 0.2) is 35.9 Å². The first-order valence-electron chi connectivity index (χ1n) is 9.35. The minimum atomic E-state index is -0.874. The Balaban J connectivity index is 1.73. The molecule has 2 aromatic rings. The molecule has 136 valence electrons. The Bertz CT molecular complexity index is 930. The molecular formula is C21H24N2O3. The molecule has 4 bridgehead atoms. The highest BCUT2D eigenvalue weighted by Crippen LogP contribution is 2.59. The number of hydrogen-bond acceptors (Lipinski definition) is 4. The Morgan fingerprint density at radius 2 is 2.27 bits per heavy atom. The number of allylic oxidation sites excluding steroid dienone is 1. The smallest absolute Gasteiger partial charge is 0.316 e. The number of nitrogens with zero attached hydrogens (tertiary/aromatic N) is 1.